The van der Waals surface area contributed by atoms with Gasteiger partial charge >= 0.3 is 0 Å². The molecular formula is C18H24O3. The van der Waals surface area contributed by atoms with Crippen molar-refractivity contribution in [2.24, 2.45) is 0 Å². The lowest BCUT2D eigenvalue weighted by Gasteiger charge is -2.29. The van der Waals surface area contributed by atoms with Gasteiger partial charge in [-0.25, -0.2) is 0 Å². The van der Waals surface area contributed by atoms with E-state index in [1.165, 1.54) is 12.8 Å². The third-order valence-corrected chi connectivity index (χ3v) is 4.66. The van der Waals surface area contributed by atoms with E-state index in [-0.39, 0.29) is 5.78 Å². The van der Waals surface area contributed by atoms with E-state index in [9.17, 15) is 4.79 Å². The van der Waals surface area contributed by atoms with Crippen LogP contribution in [-0.4, -0.2) is 24.6 Å². The Kier molecular flexibility index (Phi) is 4.29. The summed E-state index contributed by atoms with van der Waals surface area (Å²) in [5.41, 5.74) is 0.122. The van der Waals surface area contributed by atoms with Crippen LogP contribution in [0, 0.1) is 0 Å². The van der Waals surface area contributed by atoms with Crippen LogP contribution in [0.25, 0.3) is 0 Å². The van der Waals surface area contributed by atoms with E-state index in [4.69, 9.17) is 9.47 Å². The van der Waals surface area contributed by atoms with Crippen molar-refractivity contribution in [3.8, 4) is 5.75 Å². The molecule has 21 heavy (non-hydrogen) atoms. The van der Waals surface area contributed by atoms with Gasteiger partial charge in [-0.3, -0.25) is 4.79 Å². The molecule has 0 aromatic heterocycles. The fraction of sp³-hybridized carbons (Fsp3) is 0.611. The van der Waals surface area contributed by atoms with Gasteiger partial charge in [-0.1, -0.05) is 25.7 Å². The second-order valence-corrected chi connectivity index (χ2v) is 6.28. The van der Waals surface area contributed by atoms with Gasteiger partial charge in [-0.05, 0) is 49.9 Å². The Morgan fingerprint density at radius 1 is 1.05 bits per heavy atom. The van der Waals surface area contributed by atoms with E-state index >= 15 is 0 Å². The van der Waals surface area contributed by atoms with Crippen LogP contribution >= 0.6 is 0 Å². The summed E-state index contributed by atoms with van der Waals surface area (Å²) in [5, 5.41) is 0. The van der Waals surface area contributed by atoms with Gasteiger partial charge in [0, 0.05) is 12.7 Å². The van der Waals surface area contributed by atoms with Gasteiger partial charge in [-0.15, -0.1) is 0 Å². The molecule has 0 N–H and O–H groups in total. The highest BCUT2D eigenvalue weighted by molar-refractivity contribution is 6.02. The average Bonchev–Trinajstić information content (AvgIpc) is 3.34. The standard InChI is InChI=1S/C18H24O3/c1-20-18(12-4-2-3-5-13-18)17(19)14-6-8-15(9-7-14)21-16-10-11-16/h6-9,16H,2-5,10-13H2,1H3. The van der Waals surface area contributed by atoms with E-state index in [0.717, 1.165) is 49.8 Å². The first-order valence-electron chi connectivity index (χ1n) is 8.10. The minimum absolute atomic E-state index is 0.130. The highest BCUT2D eigenvalue weighted by atomic mass is 16.5. The van der Waals surface area contributed by atoms with Crippen LogP contribution in [0.3, 0.4) is 0 Å². The highest BCUT2D eigenvalue weighted by Gasteiger charge is 2.39. The molecule has 2 aliphatic carbocycles. The topological polar surface area (TPSA) is 35.5 Å². The number of hydrogen-bond donors (Lipinski definition) is 0. The zero-order valence-corrected chi connectivity index (χ0v) is 12.8. The summed E-state index contributed by atoms with van der Waals surface area (Å²) >= 11 is 0. The van der Waals surface area contributed by atoms with Gasteiger partial charge in [0.1, 0.15) is 11.4 Å². The molecular weight excluding hydrogens is 264 g/mol. The number of carbonyl (C=O) groups is 1. The summed E-state index contributed by atoms with van der Waals surface area (Å²) in [5.74, 6) is 0.992. The molecule has 2 aliphatic rings. The van der Waals surface area contributed by atoms with Crippen molar-refractivity contribution < 1.29 is 14.3 Å². The van der Waals surface area contributed by atoms with Crippen molar-refractivity contribution in [1.29, 1.82) is 0 Å². The van der Waals surface area contributed by atoms with E-state index in [0.29, 0.717) is 6.10 Å². The van der Waals surface area contributed by atoms with Crippen LogP contribution in [-0.2, 0) is 4.74 Å². The molecule has 0 amide bonds. The molecule has 0 saturated heterocycles. The number of methoxy groups -OCH3 is 1. The Morgan fingerprint density at radius 3 is 2.19 bits per heavy atom. The molecule has 2 fully saturated rings. The van der Waals surface area contributed by atoms with Crippen molar-refractivity contribution in [1.82, 2.24) is 0 Å². The molecule has 1 aromatic rings. The molecule has 3 heteroatoms. The zero-order valence-electron chi connectivity index (χ0n) is 12.8. The maximum absolute atomic E-state index is 12.9. The Bertz CT molecular complexity index is 480. The maximum Gasteiger partial charge on any atom is 0.194 e. The Balaban J connectivity index is 1.75. The molecule has 1 aromatic carbocycles. The number of carbonyl (C=O) groups excluding carboxylic acids is 1. The SMILES string of the molecule is COC1(C(=O)c2ccc(OC3CC3)cc2)CCCCCC1. The summed E-state index contributed by atoms with van der Waals surface area (Å²) in [6, 6.07) is 7.58. The summed E-state index contributed by atoms with van der Waals surface area (Å²) in [4.78, 5) is 12.9. The molecule has 0 spiro atoms. The lowest BCUT2D eigenvalue weighted by Crippen LogP contribution is -2.40. The minimum Gasteiger partial charge on any atom is -0.490 e. The molecule has 3 rings (SSSR count). The Morgan fingerprint density at radius 2 is 1.67 bits per heavy atom. The van der Waals surface area contributed by atoms with E-state index in [2.05, 4.69) is 0 Å². The predicted octanol–water partition coefficient (Wildman–Crippen LogP) is 4.15. The van der Waals surface area contributed by atoms with Crippen LogP contribution < -0.4 is 4.74 Å². The molecule has 0 bridgehead atoms. The minimum atomic E-state index is -0.616. The Labute approximate surface area is 126 Å². The van der Waals surface area contributed by atoms with Crippen LogP contribution in [0.5, 0.6) is 5.75 Å². The zero-order chi connectivity index (χ0) is 14.7. The quantitative estimate of drug-likeness (QED) is 0.603. The number of rotatable bonds is 5. The van der Waals surface area contributed by atoms with Crippen molar-refractivity contribution >= 4 is 5.78 Å². The molecule has 3 nitrogen and oxygen atoms in total. The van der Waals surface area contributed by atoms with Crippen molar-refractivity contribution in [2.45, 2.75) is 63.1 Å². The van der Waals surface area contributed by atoms with Crippen LogP contribution in [0.1, 0.15) is 61.7 Å². The maximum atomic E-state index is 12.9. The average molecular weight is 288 g/mol. The van der Waals surface area contributed by atoms with Crippen molar-refractivity contribution in [3.05, 3.63) is 29.8 Å². The number of hydrogen-bond acceptors (Lipinski definition) is 3. The molecule has 0 atom stereocenters. The number of ketones is 1. The van der Waals surface area contributed by atoms with Crippen LogP contribution in [0.2, 0.25) is 0 Å². The summed E-state index contributed by atoms with van der Waals surface area (Å²) < 4.78 is 11.4. The smallest absolute Gasteiger partial charge is 0.194 e. The number of Topliss-reactive ketones (excluding diaryl/α,β-unsaturated/α-hetero) is 1. The predicted molar refractivity (Wildman–Crippen MR) is 81.9 cm³/mol. The summed E-state index contributed by atoms with van der Waals surface area (Å²) in [6.45, 7) is 0. The van der Waals surface area contributed by atoms with Gasteiger partial charge in [0.05, 0.1) is 6.10 Å². The first-order chi connectivity index (χ1) is 10.2. The van der Waals surface area contributed by atoms with Gasteiger partial charge in [-0.2, -0.15) is 0 Å². The lowest BCUT2D eigenvalue weighted by molar-refractivity contribution is -0.00692. The first-order valence-corrected chi connectivity index (χ1v) is 8.10. The normalized spacial score (nSPS) is 21.6. The van der Waals surface area contributed by atoms with Gasteiger partial charge in [0.15, 0.2) is 5.78 Å². The molecule has 2 saturated carbocycles. The number of ether oxygens (including phenoxy) is 2. The first kappa shape index (κ1) is 14.6. The third kappa shape index (κ3) is 3.29. The highest BCUT2D eigenvalue weighted by Crippen LogP contribution is 2.34. The molecule has 0 aliphatic heterocycles. The fourth-order valence-electron chi connectivity index (χ4n) is 3.15. The van der Waals surface area contributed by atoms with Gasteiger partial charge in [0.25, 0.3) is 0 Å². The number of benzene rings is 1. The second-order valence-electron chi connectivity index (χ2n) is 6.28. The van der Waals surface area contributed by atoms with Crippen molar-refractivity contribution in [2.75, 3.05) is 7.11 Å². The molecule has 0 unspecified atom stereocenters. The summed E-state index contributed by atoms with van der Waals surface area (Å²) in [7, 11) is 1.67. The Hall–Kier alpha value is -1.35. The van der Waals surface area contributed by atoms with Crippen LogP contribution in [0.4, 0.5) is 0 Å². The van der Waals surface area contributed by atoms with Gasteiger partial charge < -0.3 is 9.47 Å². The monoisotopic (exact) mass is 288 g/mol. The third-order valence-electron chi connectivity index (χ3n) is 4.66. The van der Waals surface area contributed by atoms with Gasteiger partial charge in [0.2, 0.25) is 0 Å². The van der Waals surface area contributed by atoms with Crippen LogP contribution in [0.15, 0.2) is 24.3 Å². The largest absolute Gasteiger partial charge is 0.490 e. The second kappa shape index (κ2) is 6.18. The summed E-state index contributed by atoms with van der Waals surface area (Å²) in [6.07, 6.45) is 8.90. The van der Waals surface area contributed by atoms with E-state index in [1.807, 2.05) is 24.3 Å². The lowest BCUT2D eigenvalue weighted by atomic mass is 9.86. The molecule has 0 radical (unpaired) electrons. The van der Waals surface area contributed by atoms with E-state index in [1.54, 1.807) is 7.11 Å². The molecule has 114 valence electrons. The van der Waals surface area contributed by atoms with Crippen molar-refractivity contribution in [3.63, 3.8) is 0 Å². The molecule has 0 heterocycles. The fourth-order valence-corrected chi connectivity index (χ4v) is 3.15. The van der Waals surface area contributed by atoms with E-state index < -0.39 is 5.60 Å².